The molecule has 0 saturated carbocycles. The molecule has 0 amide bonds. The van der Waals surface area contributed by atoms with Crippen LogP contribution in [0.1, 0.15) is 16.8 Å². The van der Waals surface area contributed by atoms with Crippen LogP contribution in [0.2, 0.25) is 0 Å². The molecule has 2 unspecified atom stereocenters. The van der Waals surface area contributed by atoms with Gasteiger partial charge in [-0.1, -0.05) is 35.4 Å². The van der Waals surface area contributed by atoms with E-state index in [1.807, 2.05) is 24.3 Å². The van der Waals surface area contributed by atoms with Crippen LogP contribution in [0.25, 0.3) is 0 Å². The molecule has 1 aliphatic heterocycles. The monoisotopic (exact) mass is 265 g/mol. The van der Waals surface area contributed by atoms with Crippen molar-refractivity contribution >= 4 is 5.97 Å². The van der Waals surface area contributed by atoms with E-state index in [4.69, 9.17) is 4.84 Å². The summed E-state index contributed by atoms with van der Waals surface area (Å²) in [5.41, 5.74) is -1.02. The fourth-order valence-corrected chi connectivity index (χ4v) is 2.73. The minimum Gasteiger partial charge on any atom is -0.361 e. The van der Waals surface area contributed by atoms with Gasteiger partial charge in [-0.15, -0.1) is 0 Å². The molecule has 2 bridgehead atoms. The van der Waals surface area contributed by atoms with Gasteiger partial charge in [-0.3, -0.25) is 0 Å². The zero-order valence-electron chi connectivity index (χ0n) is 10.6. The van der Waals surface area contributed by atoms with E-state index in [1.54, 1.807) is 30.3 Å². The summed E-state index contributed by atoms with van der Waals surface area (Å²) in [4.78, 5) is 17.4. The van der Waals surface area contributed by atoms with Crippen molar-refractivity contribution in [2.45, 2.75) is 18.0 Å². The minimum absolute atomic E-state index is 0.202. The summed E-state index contributed by atoms with van der Waals surface area (Å²) in [5.74, 6) is -0.771. The van der Waals surface area contributed by atoms with Crippen LogP contribution in [-0.4, -0.2) is 22.6 Å². The van der Waals surface area contributed by atoms with Gasteiger partial charge < -0.3 is 4.84 Å². The predicted octanol–water partition coefficient (Wildman–Crippen LogP) is 1.80. The summed E-state index contributed by atoms with van der Waals surface area (Å²) in [7, 11) is 0. The van der Waals surface area contributed by atoms with E-state index in [9.17, 15) is 15.3 Å². The topological polar surface area (TPSA) is 77.1 Å². The van der Waals surface area contributed by atoms with E-state index >= 15 is 0 Å². The van der Waals surface area contributed by atoms with Crippen LogP contribution < -0.4 is 0 Å². The maximum Gasteiger partial charge on any atom is 0.357 e. The molecule has 1 aliphatic carbocycles. The molecule has 2 aliphatic rings. The number of hydrogen-bond donors (Lipinski definition) is 0. The van der Waals surface area contributed by atoms with Crippen LogP contribution in [0.4, 0.5) is 0 Å². The first-order valence-electron chi connectivity index (χ1n) is 6.29. The third kappa shape index (κ3) is 1.61. The van der Waals surface area contributed by atoms with Gasteiger partial charge in [0.2, 0.25) is 5.54 Å². The van der Waals surface area contributed by atoms with Crippen molar-refractivity contribution < 1.29 is 9.63 Å². The number of carbonyl (C=O) groups is 1. The average molecular weight is 265 g/mol. The lowest BCUT2D eigenvalue weighted by Gasteiger charge is -2.31. The number of nitrogens with zero attached hydrogens (tertiary/aromatic N) is 3. The molecular weight excluding hydrogens is 254 g/mol. The molecule has 1 fully saturated rings. The Morgan fingerprint density at radius 2 is 1.95 bits per heavy atom. The van der Waals surface area contributed by atoms with Crippen LogP contribution in [0.5, 0.6) is 0 Å². The first-order chi connectivity index (χ1) is 9.71. The highest BCUT2D eigenvalue weighted by Crippen LogP contribution is 2.44. The second kappa shape index (κ2) is 4.48. The average Bonchev–Trinajstić information content (AvgIpc) is 3.08. The number of hydrogen-bond acceptors (Lipinski definition) is 5. The third-order valence-corrected chi connectivity index (χ3v) is 3.78. The van der Waals surface area contributed by atoms with E-state index in [1.165, 1.54) is 5.06 Å². The molecule has 0 N–H and O–H groups in total. The van der Waals surface area contributed by atoms with Crippen molar-refractivity contribution in [2.24, 2.45) is 5.92 Å². The normalized spacial score (nSPS) is 25.9. The van der Waals surface area contributed by atoms with Crippen LogP contribution in [0, 0.1) is 28.6 Å². The second-order valence-corrected chi connectivity index (χ2v) is 4.85. The largest absolute Gasteiger partial charge is 0.361 e. The van der Waals surface area contributed by atoms with Gasteiger partial charge in [-0.05, 0) is 18.6 Å². The summed E-state index contributed by atoms with van der Waals surface area (Å²) in [5, 5.41) is 19.9. The zero-order chi connectivity index (χ0) is 14.2. The van der Waals surface area contributed by atoms with E-state index in [2.05, 4.69) is 0 Å². The number of nitriles is 2. The van der Waals surface area contributed by atoms with Crippen molar-refractivity contribution in [1.82, 2.24) is 5.06 Å². The molecule has 98 valence electrons. The first kappa shape index (κ1) is 12.4. The van der Waals surface area contributed by atoms with E-state index < -0.39 is 11.5 Å². The first-order valence-corrected chi connectivity index (χ1v) is 6.29. The fraction of sp³-hybridized carbons (Fsp3) is 0.267. The van der Waals surface area contributed by atoms with Crippen molar-refractivity contribution in [3.8, 4) is 12.1 Å². The highest BCUT2D eigenvalue weighted by atomic mass is 16.7. The number of hydroxylamine groups is 2. The van der Waals surface area contributed by atoms with Crippen LogP contribution in [0.3, 0.4) is 0 Å². The Labute approximate surface area is 116 Å². The zero-order valence-corrected chi connectivity index (χ0v) is 10.6. The summed E-state index contributed by atoms with van der Waals surface area (Å²) < 4.78 is 0. The van der Waals surface area contributed by atoms with Gasteiger partial charge in [0.15, 0.2) is 0 Å². The van der Waals surface area contributed by atoms with Gasteiger partial charge in [0.05, 0.1) is 11.6 Å². The summed E-state index contributed by atoms with van der Waals surface area (Å²) in [6, 6.07) is 12.3. The Morgan fingerprint density at radius 3 is 2.60 bits per heavy atom. The molecule has 1 heterocycles. The lowest BCUT2D eigenvalue weighted by molar-refractivity contribution is -0.146. The lowest BCUT2D eigenvalue weighted by Crippen LogP contribution is -2.50. The van der Waals surface area contributed by atoms with Gasteiger partial charge in [-0.25, -0.2) is 4.79 Å². The molecule has 1 aromatic carbocycles. The van der Waals surface area contributed by atoms with Gasteiger partial charge >= 0.3 is 5.97 Å². The van der Waals surface area contributed by atoms with E-state index in [0.29, 0.717) is 12.0 Å². The standard InChI is InChI=1S/C15H11N3O2/c16-9-15(10-17)12-6-7-13(8-12)18(15)20-14(19)11-4-2-1-3-5-11/h1-7,12-13H,8H2. The highest BCUT2D eigenvalue weighted by Gasteiger charge is 2.58. The van der Waals surface area contributed by atoms with Crippen LogP contribution in [0.15, 0.2) is 42.5 Å². The van der Waals surface area contributed by atoms with Gasteiger partial charge in [-0.2, -0.15) is 10.5 Å². The summed E-state index contributed by atoms with van der Waals surface area (Å²) >= 11 is 0. The molecule has 0 radical (unpaired) electrons. The Bertz CT molecular complexity index is 640. The summed E-state index contributed by atoms with van der Waals surface area (Å²) in [6.45, 7) is 0. The Balaban J connectivity index is 1.88. The van der Waals surface area contributed by atoms with Crippen molar-refractivity contribution in [3.63, 3.8) is 0 Å². The minimum atomic E-state index is -1.41. The van der Waals surface area contributed by atoms with Gasteiger partial charge in [0.1, 0.15) is 12.1 Å². The smallest absolute Gasteiger partial charge is 0.357 e. The van der Waals surface area contributed by atoms with E-state index in [0.717, 1.165) is 0 Å². The Kier molecular flexibility index (Phi) is 2.78. The number of benzene rings is 1. The molecule has 2 atom stereocenters. The molecule has 0 spiro atoms. The SMILES string of the molecule is N#CC1(C#N)C2C=CC(C2)N1OC(=O)c1ccccc1. The lowest BCUT2D eigenvalue weighted by atomic mass is 9.89. The molecule has 20 heavy (non-hydrogen) atoms. The molecule has 5 heteroatoms. The number of fused-ring (bicyclic) bond motifs is 2. The molecule has 3 rings (SSSR count). The van der Waals surface area contributed by atoms with Crippen LogP contribution >= 0.6 is 0 Å². The number of carbonyl (C=O) groups excluding carboxylic acids is 1. The van der Waals surface area contributed by atoms with Crippen molar-refractivity contribution in [3.05, 3.63) is 48.0 Å². The van der Waals surface area contributed by atoms with Gasteiger partial charge in [0, 0.05) is 5.92 Å². The maximum atomic E-state index is 12.1. The third-order valence-electron chi connectivity index (χ3n) is 3.78. The quantitative estimate of drug-likeness (QED) is 0.762. The Hall–Kier alpha value is -2.63. The maximum absolute atomic E-state index is 12.1. The fourth-order valence-electron chi connectivity index (χ4n) is 2.73. The number of rotatable bonds is 2. The summed E-state index contributed by atoms with van der Waals surface area (Å²) in [6.07, 6.45) is 4.35. The molecule has 1 saturated heterocycles. The predicted molar refractivity (Wildman–Crippen MR) is 68.7 cm³/mol. The van der Waals surface area contributed by atoms with E-state index in [-0.39, 0.29) is 12.0 Å². The molecule has 5 nitrogen and oxygen atoms in total. The van der Waals surface area contributed by atoms with Crippen molar-refractivity contribution in [1.29, 1.82) is 10.5 Å². The molecule has 0 aromatic heterocycles. The van der Waals surface area contributed by atoms with Crippen LogP contribution in [-0.2, 0) is 4.84 Å². The van der Waals surface area contributed by atoms with Gasteiger partial charge in [0.25, 0.3) is 0 Å². The molecule has 1 aromatic rings. The van der Waals surface area contributed by atoms with Crippen molar-refractivity contribution in [2.75, 3.05) is 0 Å². The molecular formula is C15H11N3O2. The second-order valence-electron chi connectivity index (χ2n) is 4.85. The highest BCUT2D eigenvalue weighted by molar-refractivity contribution is 5.89. The Morgan fingerprint density at radius 1 is 1.25 bits per heavy atom.